The summed E-state index contributed by atoms with van der Waals surface area (Å²) in [7, 11) is 1.62. The van der Waals surface area contributed by atoms with Crippen LogP contribution >= 0.6 is 11.6 Å². The van der Waals surface area contributed by atoms with Crippen LogP contribution in [-0.4, -0.2) is 12.2 Å². The summed E-state index contributed by atoms with van der Waals surface area (Å²) in [6, 6.07) is 12.9. The zero-order chi connectivity index (χ0) is 15.2. The molecule has 3 nitrogen and oxygen atoms in total. The Labute approximate surface area is 130 Å². The minimum Gasteiger partial charge on any atom is -0.496 e. The fourth-order valence-corrected chi connectivity index (χ4v) is 2.24. The van der Waals surface area contributed by atoms with Gasteiger partial charge in [0, 0.05) is 10.6 Å². The van der Waals surface area contributed by atoms with Crippen LogP contribution in [0.25, 0.3) is 0 Å². The molecule has 2 aromatic rings. The molecule has 0 aliphatic heterocycles. The van der Waals surface area contributed by atoms with Crippen molar-refractivity contribution in [3.05, 3.63) is 58.6 Å². The van der Waals surface area contributed by atoms with Crippen LogP contribution in [0.2, 0.25) is 5.02 Å². The van der Waals surface area contributed by atoms with E-state index in [1.54, 1.807) is 13.2 Å². The van der Waals surface area contributed by atoms with Gasteiger partial charge >= 0.3 is 0 Å². The number of aliphatic hydroxyl groups is 1. The van der Waals surface area contributed by atoms with Crippen LogP contribution in [-0.2, 0) is 6.61 Å². The summed E-state index contributed by atoms with van der Waals surface area (Å²) in [5, 5.41) is 10.4. The molecule has 2 rings (SSSR count). The molecule has 0 saturated heterocycles. The van der Waals surface area contributed by atoms with E-state index in [-0.39, 0.29) is 0 Å². The van der Waals surface area contributed by atoms with Gasteiger partial charge in [0.2, 0.25) is 0 Å². The molecule has 1 atom stereocenters. The first kappa shape index (κ1) is 15.7. The molecule has 0 spiro atoms. The van der Waals surface area contributed by atoms with E-state index in [0.717, 1.165) is 22.6 Å². The maximum atomic E-state index is 9.75. The van der Waals surface area contributed by atoms with Crippen molar-refractivity contribution in [2.45, 2.75) is 26.1 Å². The number of ether oxygens (including phenoxy) is 2. The van der Waals surface area contributed by atoms with Crippen molar-refractivity contribution in [2.75, 3.05) is 7.11 Å². The van der Waals surface area contributed by atoms with Gasteiger partial charge in [-0.3, -0.25) is 0 Å². The van der Waals surface area contributed by atoms with Gasteiger partial charge in [0.05, 0.1) is 13.2 Å². The Morgan fingerprint density at radius 2 is 1.86 bits per heavy atom. The first-order valence-electron chi connectivity index (χ1n) is 6.87. The number of hydrogen-bond donors (Lipinski definition) is 1. The predicted molar refractivity (Wildman–Crippen MR) is 84.0 cm³/mol. The van der Waals surface area contributed by atoms with E-state index in [1.807, 2.05) is 43.3 Å². The second kappa shape index (κ2) is 7.34. The van der Waals surface area contributed by atoms with Crippen molar-refractivity contribution in [3.63, 3.8) is 0 Å². The Morgan fingerprint density at radius 1 is 1.14 bits per heavy atom. The van der Waals surface area contributed by atoms with Gasteiger partial charge in [0.25, 0.3) is 0 Å². The molecule has 0 amide bonds. The third kappa shape index (κ3) is 4.13. The van der Waals surface area contributed by atoms with Crippen molar-refractivity contribution < 1.29 is 14.6 Å². The Kier molecular flexibility index (Phi) is 5.48. The summed E-state index contributed by atoms with van der Waals surface area (Å²) in [6.07, 6.45) is 0.270. The van der Waals surface area contributed by atoms with Crippen molar-refractivity contribution >= 4 is 11.6 Å². The fourth-order valence-electron chi connectivity index (χ4n) is 2.04. The van der Waals surface area contributed by atoms with Gasteiger partial charge in [-0.05, 0) is 42.3 Å². The summed E-state index contributed by atoms with van der Waals surface area (Å²) in [5.74, 6) is 1.49. The Bertz CT molecular complexity index is 581. The Hall–Kier alpha value is -1.71. The lowest BCUT2D eigenvalue weighted by Gasteiger charge is -2.12. The first-order valence-corrected chi connectivity index (χ1v) is 7.25. The quantitative estimate of drug-likeness (QED) is 0.861. The summed E-state index contributed by atoms with van der Waals surface area (Å²) in [5.41, 5.74) is 1.79. The van der Waals surface area contributed by atoms with Gasteiger partial charge in [0.1, 0.15) is 18.1 Å². The SMILES string of the molecule is CCC(O)c1ccc(OCc2cc(Cl)ccc2OC)cc1. The van der Waals surface area contributed by atoms with Gasteiger partial charge in [-0.25, -0.2) is 0 Å². The van der Waals surface area contributed by atoms with Crippen molar-refractivity contribution in [1.82, 2.24) is 0 Å². The minimum atomic E-state index is -0.424. The van der Waals surface area contributed by atoms with Gasteiger partial charge in [-0.1, -0.05) is 30.7 Å². The second-order valence-corrected chi connectivity index (χ2v) is 5.17. The van der Waals surface area contributed by atoms with Crippen LogP contribution in [0.5, 0.6) is 11.5 Å². The Balaban J connectivity index is 2.04. The molecule has 0 aromatic heterocycles. The lowest BCUT2D eigenvalue weighted by Crippen LogP contribution is -1.99. The smallest absolute Gasteiger partial charge is 0.125 e. The highest BCUT2D eigenvalue weighted by atomic mass is 35.5. The number of methoxy groups -OCH3 is 1. The van der Waals surface area contributed by atoms with Gasteiger partial charge in [-0.15, -0.1) is 0 Å². The lowest BCUT2D eigenvalue weighted by molar-refractivity contribution is 0.173. The third-order valence-corrected chi connectivity index (χ3v) is 3.52. The average molecular weight is 307 g/mol. The van der Waals surface area contributed by atoms with E-state index >= 15 is 0 Å². The summed E-state index contributed by atoms with van der Waals surface area (Å²) in [4.78, 5) is 0. The van der Waals surface area contributed by atoms with E-state index in [9.17, 15) is 5.11 Å². The molecule has 0 saturated carbocycles. The molecule has 21 heavy (non-hydrogen) atoms. The van der Waals surface area contributed by atoms with Crippen molar-refractivity contribution in [1.29, 1.82) is 0 Å². The highest BCUT2D eigenvalue weighted by Crippen LogP contribution is 2.25. The molecule has 0 bridgehead atoms. The molecule has 112 valence electrons. The van der Waals surface area contributed by atoms with Crippen LogP contribution in [0.3, 0.4) is 0 Å². The van der Waals surface area contributed by atoms with E-state index in [4.69, 9.17) is 21.1 Å². The van der Waals surface area contributed by atoms with E-state index in [0.29, 0.717) is 18.1 Å². The minimum absolute atomic E-state index is 0.374. The normalized spacial score (nSPS) is 12.0. The lowest BCUT2D eigenvalue weighted by atomic mass is 10.1. The number of hydrogen-bond acceptors (Lipinski definition) is 3. The highest BCUT2D eigenvalue weighted by molar-refractivity contribution is 6.30. The van der Waals surface area contributed by atoms with Gasteiger partial charge in [0.15, 0.2) is 0 Å². The maximum absolute atomic E-state index is 9.75. The monoisotopic (exact) mass is 306 g/mol. The standard InChI is InChI=1S/C17H19ClO3/c1-3-16(19)12-4-7-15(8-5-12)21-11-13-10-14(18)6-9-17(13)20-2/h4-10,16,19H,3,11H2,1-2H3. The van der Waals surface area contributed by atoms with Gasteiger partial charge in [-0.2, -0.15) is 0 Å². The fraction of sp³-hybridized carbons (Fsp3) is 0.294. The van der Waals surface area contributed by atoms with Crippen LogP contribution < -0.4 is 9.47 Å². The molecule has 0 aliphatic rings. The van der Waals surface area contributed by atoms with Crippen LogP contribution in [0.15, 0.2) is 42.5 Å². The van der Waals surface area contributed by atoms with Crippen molar-refractivity contribution in [2.24, 2.45) is 0 Å². The second-order valence-electron chi connectivity index (χ2n) is 4.74. The van der Waals surface area contributed by atoms with Gasteiger partial charge < -0.3 is 14.6 Å². The number of rotatable bonds is 6. The molecule has 1 N–H and O–H groups in total. The predicted octanol–water partition coefficient (Wildman–Crippen LogP) is 4.37. The first-order chi connectivity index (χ1) is 10.1. The van der Waals surface area contributed by atoms with Crippen molar-refractivity contribution in [3.8, 4) is 11.5 Å². The maximum Gasteiger partial charge on any atom is 0.125 e. The molecule has 0 fully saturated rings. The third-order valence-electron chi connectivity index (χ3n) is 3.29. The number of benzene rings is 2. The summed E-state index contributed by atoms with van der Waals surface area (Å²) >= 11 is 5.99. The zero-order valence-corrected chi connectivity index (χ0v) is 12.9. The molecular weight excluding hydrogens is 288 g/mol. The molecule has 2 aromatic carbocycles. The summed E-state index contributed by atoms with van der Waals surface area (Å²) < 4.78 is 11.0. The molecule has 0 heterocycles. The molecule has 0 radical (unpaired) electrons. The largest absolute Gasteiger partial charge is 0.496 e. The van der Waals surface area contributed by atoms with E-state index in [2.05, 4.69) is 0 Å². The number of halogens is 1. The van der Waals surface area contributed by atoms with E-state index < -0.39 is 6.10 Å². The average Bonchev–Trinajstić information content (AvgIpc) is 2.52. The molecule has 1 unspecified atom stereocenters. The Morgan fingerprint density at radius 3 is 2.48 bits per heavy atom. The summed E-state index contributed by atoms with van der Waals surface area (Å²) in [6.45, 7) is 2.32. The van der Waals surface area contributed by atoms with Crippen LogP contribution in [0, 0.1) is 0 Å². The van der Waals surface area contributed by atoms with Crippen LogP contribution in [0.4, 0.5) is 0 Å². The highest BCUT2D eigenvalue weighted by Gasteiger charge is 2.07. The molecule has 4 heteroatoms. The zero-order valence-electron chi connectivity index (χ0n) is 12.2. The topological polar surface area (TPSA) is 38.7 Å². The molecule has 0 aliphatic carbocycles. The molecular formula is C17H19ClO3. The van der Waals surface area contributed by atoms with E-state index in [1.165, 1.54) is 0 Å². The van der Waals surface area contributed by atoms with Crippen LogP contribution in [0.1, 0.15) is 30.6 Å². The number of aliphatic hydroxyl groups excluding tert-OH is 1.